The maximum absolute atomic E-state index is 12.5. The van der Waals surface area contributed by atoms with Crippen LogP contribution < -0.4 is 10.1 Å². The molecular formula is C22H18ClNO4. The second-order valence-electron chi connectivity index (χ2n) is 6.14. The Morgan fingerprint density at radius 2 is 1.64 bits per heavy atom. The number of nitrogens with one attached hydrogen (secondary N) is 1. The Morgan fingerprint density at radius 1 is 0.964 bits per heavy atom. The zero-order valence-corrected chi connectivity index (χ0v) is 15.8. The SMILES string of the molecule is Cc1c(Cl)cccc1NC(=O)c1ccc(OC(C(=O)O)c2ccccc2)cc1. The van der Waals surface area contributed by atoms with Gasteiger partial charge in [-0.05, 0) is 48.9 Å². The summed E-state index contributed by atoms with van der Waals surface area (Å²) in [5, 5.41) is 12.8. The minimum atomic E-state index is -1.13. The van der Waals surface area contributed by atoms with E-state index in [1.807, 2.05) is 6.92 Å². The summed E-state index contributed by atoms with van der Waals surface area (Å²) in [6, 6.07) is 20.3. The van der Waals surface area contributed by atoms with E-state index in [1.165, 1.54) is 0 Å². The summed E-state index contributed by atoms with van der Waals surface area (Å²) >= 11 is 6.07. The van der Waals surface area contributed by atoms with Crippen LogP contribution in [0.25, 0.3) is 0 Å². The maximum atomic E-state index is 12.5. The molecule has 1 atom stereocenters. The van der Waals surface area contributed by atoms with Crippen LogP contribution in [-0.2, 0) is 4.79 Å². The van der Waals surface area contributed by atoms with Gasteiger partial charge in [-0.25, -0.2) is 4.79 Å². The van der Waals surface area contributed by atoms with E-state index in [-0.39, 0.29) is 5.91 Å². The molecule has 0 saturated carbocycles. The highest BCUT2D eigenvalue weighted by atomic mass is 35.5. The van der Waals surface area contributed by atoms with Crippen molar-refractivity contribution in [2.75, 3.05) is 5.32 Å². The lowest BCUT2D eigenvalue weighted by molar-refractivity contribution is -0.145. The highest BCUT2D eigenvalue weighted by Gasteiger charge is 2.21. The zero-order chi connectivity index (χ0) is 20.1. The molecular weight excluding hydrogens is 378 g/mol. The van der Waals surface area contributed by atoms with Gasteiger partial charge in [0.05, 0.1) is 0 Å². The molecule has 5 nitrogen and oxygen atoms in total. The number of carboxylic acid groups (broad SMARTS) is 1. The normalized spacial score (nSPS) is 11.5. The maximum Gasteiger partial charge on any atom is 0.349 e. The number of halogens is 1. The Hall–Kier alpha value is -3.31. The molecule has 3 aromatic carbocycles. The summed E-state index contributed by atoms with van der Waals surface area (Å²) in [6.07, 6.45) is -1.13. The standard InChI is InChI=1S/C22H18ClNO4/c1-14-18(23)8-5-9-19(14)24-21(25)16-10-12-17(13-11-16)28-20(22(26)27)15-6-3-2-4-7-15/h2-13,20H,1H3,(H,24,25)(H,26,27). The summed E-state index contributed by atoms with van der Waals surface area (Å²) in [7, 11) is 0. The molecule has 0 aliphatic carbocycles. The molecule has 0 aliphatic rings. The van der Waals surface area contributed by atoms with Crippen LogP contribution in [-0.4, -0.2) is 17.0 Å². The van der Waals surface area contributed by atoms with Crippen molar-refractivity contribution in [3.8, 4) is 5.75 Å². The summed E-state index contributed by atoms with van der Waals surface area (Å²) in [6.45, 7) is 1.82. The predicted molar refractivity (Wildman–Crippen MR) is 108 cm³/mol. The molecule has 1 amide bonds. The Kier molecular flexibility index (Phi) is 5.96. The third-order valence-electron chi connectivity index (χ3n) is 4.21. The smallest absolute Gasteiger partial charge is 0.349 e. The first kappa shape index (κ1) is 19.5. The quantitative estimate of drug-likeness (QED) is 0.608. The summed E-state index contributed by atoms with van der Waals surface area (Å²) in [5.41, 5.74) is 2.36. The average Bonchev–Trinajstić information content (AvgIpc) is 2.70. The number of hydrogen-bond donors (Lipinski definition) is 2. The molecule has 6 heteroatoms. The number of carboxylic acids is 1. The van der Waals surface area contributed by atoms with E-state index in [4.69, 9.17) is 16.3 Å². The summed E-state index contributed by atoms with van der Waals surface area (Å²) in [4.78, 5) is 24.0. The minimum Gasteiger partial charge on any atom is -0.478 e. The lowest BCUT2D eigenvalue weighted by Gasteiger charge is -2.16. The number of carbonyl (C=O) groups excluding carboxylic acids is 1. The molecule has 142 valence electrons. The first-order valence-corrected chi connectivity index (χ1v) is 8.94. The molecule has 0 fully saturated rings. The van der Waals surface area contributed by atoms with E-state index in [9.17, 15) is 14.7 Å². The Balaban J connectivity index is 1.73. The molecule has 0 bridgehead atoms. The van der Waals surface area contributed by atoms with Crippen LogP contribution in [0.1, 0.15) is 27.6 Å². The molecule has 0 saturated heterocycles. The van der Waals surface area contributed by atoms with Gasteiger partial charge in [-0.1, -0.05) is 48.0 Å². The van der Waals surface area contributed by atoms with Gasteiger partial charge < -0.3 is 15.2 Å². The van der Waals surface area contributed by atoms with Gasteiger partial charge in [-0.2, -0.15) is 0 Å². The van der Waals surface area contributed by atoms with Gasteiger partial charge in [0, 0.05) is 21.8 Å². The van der Waals surface area contributed by atoms with Crippen molar-refractivity contribution in [1.82, 2.24) is 0 Å². The average molecular weight is 396 g/mol. The predicted octanol–water partition coefficient (Wildman–Crippen LogP) is 5.11. The fraction of sp³-hybridized carbons (Fsp3) is 0.0909. The third-order valence-corrected chi connectivity index (χ3v) is 4.62. The molecule has 3 rings (SSSR count). The molecule has 2 N–H and O–H groups in total. The van der Waals surface area contributed by atoms with Gasteiger partial charge in [0.25, 0.3) is 5.91 Å². The van der Waals surface area contributed by atoms with E-state index >= 15 is 0 Å². The van der Waals surface area contributed by atoms with Crippen LogP contribution in [0.3, 0.4) is 0 Å². The van der Waals surface area contributed by atoms with Crippen molar-refractivity contribution in [2.24, 2.45) is 0 Å². The van der Waals surface area contributed by atoms with Crippen LogP contribution in [0, 0.1) is 6.92 Å². The second kappa shape index (κ2) is 8.59. The van der Waals surface area contributed by atoms with Crippen molar-refractivity contribution in [3.05, 3.63) is 94.5 Å². The second-order valence-corrected chi connectivity index (χ2v) is 6.54. The van der Waals surface area contributed by atoms with Crippen molar-refractivity contribution in [1.29, 1.82) is 0 Å². The van der Waals surface area contributed by atoms with Crippen LogP contribution in [0.15, 0.2) is 72.8 Å². The molecule has 1 unspecified atom stereocenters. The van der Waals surface area contributed by atoms with Gasteiger partial charge in [-0.3, -0.25) is 4.79 Å². The van der Waals surface area contributed by atoms with Crippen LogP contribution in [0.4, 0.5) is 5.69 Å². The fourth-order valence-corrected chi connectivity index (χ4v) is 2.82. The van der Waals surface area contributed by atoms with E-state index in [1.54, 1.807) is 72.8 Å². The highest BCUT2D eigenvalue weighted by molar-refractivity contribution is 6.31. The first-order chi connectivity index (χ1) is 13.5. The van der Waals surface area contributed by atoms with Crippen molar-refractivity contribution < 1.29 is 19.4 Å². The number of benzene rings is 3. The molecule has 0 aliphatic heterocycles. The van der Waals surface area contributed by atoms with E-state index < -0.39 is 12.1 Å². The number of hydrogen-bond acceptors (Lipinski definition) is 3. The van der Waals surface area contributed by atoms with Gasteiger partial charge in [-0.15, -0.1) is 0 Å². The number of anilines is 1. The van der Waals surface area contributed by atoms with E-state index in [0.29, 0.717) is 27.6 Å². The van der Waals surface area contributed by atoms with Gasteiger partial charge in [0.15, 0.2) is 0 Å². The minimum absolute atomic E-state index is 0.297. The zero-order valence-electron chi connectivity index (χ0n) is 15.1. The molecule has 0 aromatic heterocycles. The van der Waals surface area contributed by atoms with Crippen molar-refractivity contribution >= 4 is 29.2 Å². The molecule has 0 radical (unpaired) electrons. The Labute approximate surface area is 167 Å². The van der Waals surface area contributed by atoms with Gasteiger partial charge in [0.1, 0.15) is 5.75 Å². The topological polar surface area (TPSA) is 75.6 Å². The number of rotatable bonds is 6. The van der Waals surface area contributed by atoms with Gasteiger partial charge >= 0.3 is 5.97 Å². The monoisotopic (exact) mass is 395 g/mol. The van der Waals surface area contributed by atoms with E-state index in [2.05, 4.69) is 5.32 Å². The summed E-state index contributed by atoms with van der Waals surface area (Å²) in [5.74, 6) is -1.04. The largest absolute Gasteiger partial charge is 0.478 e. The number of carbonyl (C=O) groups is 2. The number of ether oxygens (including phenoxy) is 1. The van der Waals surface area contributed by atoms with Crippen molar-refractivity contribution in [3.63, 3.8) is 0 Å². The van der Waals surface area contributed by atoms with Crippen LogP contribution >= 0.6 is 11.6 Å². The first-order valence-electron chi connectivity index (χ1n) is 8.56. The van der Waals surface area contributed by atoms with Crippen LogP contribution in [0.5, 0.6) is 5.75 Å². The summed E-state index contributed by atoms with van der Waals surface area (Å²) < 4.78 is 5.60. The molecule has 28 heavy (non-hydrogen) atoms. The number of aliphatic carboxylic acids is 1. The lowest BCUT2D eigenvalue weighted by atomic mass is 10.1. The molecule has 0 heterocycles. The fourth-order valence-electron chi connectivity index (χ4n) is 2.65. The van der Waals surface area contributed by atoms with E-state index in [0.717, 1.165) is 5.56 Å². The van der Waals surface area contributed by atoms with Crippen LogP contribution in [0.2, 0.25) is 5.02 Å². The highest BCUT2D eigenvalue weighted by Crippen LogP contribution is 2.25. The molecule has 3 aromatic rings. The third kappa shape index (κ3) is 4.50. The van der Waals surface area contributed by atoms with Crippen molar-refractivity contribution in [2.45, 2.75) is 13.0 Å². The van der Waals surface area contributed by atoms with Gasteiger partial charge in [0.2, 0.25) is 6.10 Å². The Bertz CT molecular complexity index is 987. The lowest BCUT2D eigenvalue weighted by Crippen LogP contribution is -2.18. The Morgan fingerprint density at radius 3 is 2.29 bits per heavy atom. The number of amides is 1. The molecule has 0 spiro atoms.